The van der Waals surface area contributed by atoms with Gasteiger partial charge in [0.25, 0.3) is 0 Å². The fraction of sp³-hybridized carbons (Fsp3) is 0.429. The largest absolute Gasteiger partial charge is 0.493 e. The molecule has 0 amide bonds. The first kappa shape index (κ1) is 16.2. The average Bonchev–Trinajstić information content (AvgIpc) is 2.46. The van der Waals surface area contributed by atoms with E-state index in [4.69, 9.17) is 21.7 Å². The van der Waals surface area contributed by atoms with Gasteiger partial charge in [-0.3, -0.25) is 5.43 Å². The molecule has 1 aromatic carbocycles. The molecule has 6 heteroatoms. The van der Waals surface area contributed by atoms with Crippen LogP contribution in [0.5, 0.6) is 11.5 Å². The number of hydrazone groups is 1. The highest BCUT2D eigenvalue weighted by Crippen LogP contribution is 2.27. The second-order valence-corrected chi connectivity index (χ2v) is 4.40. The third-order valence-corrected chi connectivity index (χ3v) is 2.60. The van der Waals surface area contributed by atoms with E-state index in [1.165, 1.54) is 0 Å². The molecule has 0 bridgehead atoms. The molecule has 0 aromatic heterocycles. The number of benzene rings is 1. The molecule has 110 valence electrons. The standard InChI is InChI=1S/C14H21N3O2S/c1-4-8-19-12-7-6-11(9-13(12)18-3)10-16-17-14(20)15-5-2/h6-7,9-10H,4-5,8H2,1-3H3,(H2,15,17,20)/b16-10+. The van der Waals surface area contributed by atoms with Crippen molar-refractivity contribution in [1.29, 1.82) is 0 Å². The molecule has 1 rings (SSSR count). The summed E-state index contributed by atoms with van der Waals surface area (Å²) < 4.78 is 10.9. The van der Waals surface area contributed by atoms with Crippen LogP contribution in [0.2, 0.25) is 0 Å². The fourth-order valence-electron chi connectivity index (χ4n) is 1.46. The maximum atomic E-state index is 5.59. The number of nitrogens with one attached hydrogen (secondary N) is 2. The predicted octanol–water partition coefficient (Wildman–Crippen LogP) is 2.30. The van der Waals surface area contributed by atoms with Gasteiger partial charge in [-0.2, -0.15) is 5.10 Å². The molecular formula is C14H21N3O2S. The topological polar surface area (TPSA) is 54.9 Å². The molecule has 2 N–H and O–H groups in total. The Balaban J connectivity index is 2.67. The van der Waals surface area contributed by atoms with Crippen LogP contribution in [-0.4, -0.2) is 31.6 Å². The minimum Gasteiger partial charge on any atom is -0.493 e. The van der Waals surface area contributed by atoms with Crippen LogP contribution in [0, 0.1) is 0 Å². The van der Waals surface area contributed by atoms with E-state index in [-0.39, 0.29) is 0 Å². The summed E-state index contributed by atoms with van der Waals surface area (Å²) >= 11 is 5.01. The lowest BCUT2D eigenvalue weighted by Crippen LogP contribution is -2.31. The third-order valence-electron chi connectivity index (χ3n) is 2.37. The van der Waals surface area contributed by atoms with E-state index in [1.54, 1.807) is 13.3 Å². The minimum absolute atomic E-state index is 0.499. The van der Waals surface area contributed by atoms with Gasteiger partial charge in [0.1, 0.15) is 0 Å². The number of thiocarbonyl (C=S) groups is 1. The number of methoxy groups -OCH3 is 1. The second kappa shape index (κ2) is 9.14. The molecule has 0 atom stereocenters. The first-order valence-electron chi connectivity index (χ1n) is 6.59. The zero-order valence-corrected chi connectivity index (χ0v) is 12.9. The first-order valence-corrected chi connectivity index (χ1v) is 6.99. The summed E-state index contributed by atoms with van der Waals surface area (Å²) in [6, 6.07) is 5.65. The Bertz CT molecular complexity index is 464. The second-order valence-electron chi connectivity index (χ2n) is 3.99. The van der Waals surface area contributed by atoms with Crippen molar-refractivity contribution in [2.24, 2.45) is 5.10 Å². The molecule has 0 spiro atoms. The number of hydrogen-bond acceptors (Lipinski definition) is 4. The van der Waals surface area contributed by atoms with E-state index in [0.717, 1.165) is 24.3 Å². The Kier molecular flexibility index (Phi) is 7.42. The van der Waals surface area contributed by atoms with Gasteiger partial charge in [-0.15, -0.1) is 0 Å². The number of rotatable bonds is 7. The van der Waals surface area contributed by atoms with Gasteiger partial charge >= 0.3 is 0 Å². The summed E-state index contributed by atoms with van der Waals surface area (Å²) in [4.78, 5) is 0. The molecule has 1 aromatic rings. The van der Waals surface area contributed by atoms with Crippen LogP contribution in [-0.2, 0) is 0 Å². The zero-order chi connectivity index (χ0) is 14.8. The van der Waals surface area contributed by atoms with Gasteiger partial charge in [-0.1, -0.05) is 6.92 Å². The van der Waals surface area contributed by atoms with Crippen LogP contribution in [0.1, 0.15) is 25.8 Å². The molecule has 0 unspecified atom stereocenters. The number of ether oxygens (including phenoxy) is 2. The van der Waals surface area contributed by atoms with Gasteiger partial charge in [0, 0.05) is 6.54 Å². The van der Waals surface area contributed by atoms with E-state index in [1.807, 2.05) is 25.1 Å². The predicted molar refractivity (Wildman–Crippen MR) is 85.8 cm³/mol. The summed E-state index contributed by atoms with van der Waals surface area (Å²) in [5.41, 5.74) is 3.64. The minimum atomic E-state index is 0.499. The highest BCUT2D eigenvalue weighted by Gasteiger charge is 2.04. The lowest BCUT2D eigenvalue weighted by Gasteiger charge is -2.10. The van der Waals surface area contributed by atoms with Gasteiger partial charge in [0.05, 0.1) is 19.9 Å². The lowest BCUT2D eigenvalue weighted by atomic mass is 10.2. The van der Waals surface area contributed by atoms with Crippen molar-refractivity contribution in [3.63, 3.8) is 0 Å². The molecule has 0 saturated heterocycles. The molecule has 0 aliphatic rings. The molecule has 5 nitrogen and oxygen atoms in total. The van der Waals surface area contributed by atoms with Crippen LogP contribution < -0.4 is 20.2 Å². The molecule has 0 saturated carbocycles. The molecule has 20 heavy (non-hydrogen) atoms. The SMILES string of the molecule is CCCOc1ccc(/C=N/NC(=S)NCC)cc1OC. The van der Waals surface area contributed by atoms with Crippen LogP contribution in [0.25, 0.3) is 0 Å². The van der Waals surface area contributed by atoms with Gasteiger partial charge in [-0.25, -0.2) is 0 Å². The first-order chi connectivity index (χ1) is 9.71. The van der Waals surface area contributed by atoms with E-state index >= 15 is 0 Å². The van der Waals surface area contributed by atoms with E-state index in [0.29, 0.717) is 17.5 Å². The molecular weight excluding hydrogens is 274 g/mol. The van der Waals surface area contributed by atoms with Crippen LogP contribution in [0.4, 0.5) is 0 Å². The molecule has 0 radical (unpaired) electrons. The van der Waals surface area contributed by atoms with Gasteiger partial charge in [0.15, 0.2) is 16.6 Å². The van der Waals surface area contributed by atoms with E-state index < -0.39 is 0 Å². The van der Waals surface area contributed by atoms with Gasteiger partial charge in [-0.05, 0) is 49.3 Å². The molecule has 0 aliphatic heterocycles. The van der Waals surface area contributed by atoms with Crippen molar-refractivity contribution in [3.8, 4) is 11.5 Å². The van der Waals surface area contributed by atoms with Crippen LogP contribution in [0.15, 0.2) is 23.3 Å². The summed E-state index contributed by atoms with van der Waals surface area (Å²) in [7, 11) is 1.62. The number of nitrogens with zero attached hydrogens (tertiary/aromatic N) is 1. The highest BCUT2D eigenvalue weighted by molar-refractivity contribution is 7.80. The highest BCUT2D eigenvalue weighted by atomic mass is 32.1. The maximum absolute atomic E-state index is 5.59. The van der Waals surface area contributed by atoms with Crippen LogP contribution in [0.3, 0.4) is 0 Å². The normalized spacial score (nSPS) is 10.3. The lowest BCUT2D eigenvalue weighted by molar-refractivity contribution is 0.294. The van der Waals surface area contributed by atoms with Crippen molar-refractivity contribution in [1.82, 2.24) is 10.7 Å². The molecule has 0 heterocycles. The summed E-state index contributed by atoms with van der Waals surface area (Å²) in [5.74, 6) is 1.43. The maximum Gasteiger partial charge on any atom is 0.186 e. The van der Waals surface area contributed by atoms with Crippen molar-refractivity contribution in [2.45, 2.75) is 20.3 Å². The molecule has 0 fully saturated rings. The Morgan fingerprint density at radius 3 is 2.80 bits per heavy atom. The van der Waals surface area contributed by atoms with Crippen molar-refractivity contribution in [3.05, 3.63) is 23.8 Å². The Labute approximate surface area is 125 Å². The van der Waals surface area contributed by atoms with Crippen LogP contribution >= 0.6 is 12.2 Å². The zero-order valence-electron chi connectivity index (χ0n) is 12.1. The van der Waals surface area contributed by atoms with Crippen molar-refractivity contribution >= 4 is 23.5 Å². The summed E-state index contributed by atoms with van der Waals surface area (Å²) in [6.45, 7) is 5.46. The summed E-state index contributed by atoms with van der Waals surface area (Å²) in [6.07, 6.45) is 2.63. The van der Waals surface area contributed by atoms with Crippen molar-refractivity contribution < 1.29 is 9.47 Å². The van der Waals surface area contributed by atoms with Gasteiger partial charge in [0.2, 0.25) is 0 Å². The Morgan fingerprint density at radius 1 is 1.35 bits per heavy atom. The fourth-order valence-corrected chi connectivity index (χ4v) is 1.66. The smallest absolute Gasteiger partial charge is 0.186 e. The van der Waals surface area contributed by atoms with Gasteiger partial charge < -0.3 is 14.8 Å². The Hall–Kier alpha value is -1.82. The third kappa shape index (κ3) is 5.44. The van der Waals surface area contributed by atoms with E-state index in [9.17, 15) is 0 Å². The summed E-state index contributed by atoms with van der Waals surface area (Å²) in [5, 5.41) is 7.50. The average molecular weight is 295 g/mol. The van der Waals surface area contributed by atoms with E-state index in [2.05, 4.69) is 22.8 Å². The molecule has 0 aliphatic carbocycles. The quantitative estimate of drug-likeness (QED) is 0.459. The Morgan fingerprint density at radius 2 is 2.15 bits per heavy atom. The number of hydrogen-bond donors (Lipinski definition) is 2. The van der Waals surface area contributed by atoms with Crippen molar-refractivity contribution in [2.75, 3.05) is 20.3 Å². The monoisotopic (exact) mass is 295 g/mol.